The number of fused-ring (bicyclic) bond motifs is 3. The molecular weight excluding hydrogens is 743 g/mol. The van der Waals surface area contributed by atoms with Gasteiger partial charge < -0.3 is 34.5 Å². The number of rotatable bonds is 13. The zero-order valence-corrected chi connectivity index (χ0v) is 34.4. The molecule has 1 aliphatic heterocycles. The Morgan fingerprint density at radius 2 is 1.31 bits per heavy atom. The van der Waals surface area contributed by atoms with E-state index in [0.29, 0.717) is 0 Å². The Balaban J connectivity index is 1.38. The molecule has 2 atom stereocenters. The first-order valence-electron chi connectivity index (χ1n) is 19.7. The van der Waals surface area contributed by atoms with Gasteiger partial charge in [-0.2, -0.15) is 0 Å². The molecule has 1 fully saturated rings. The van der Waals surface area contributed by atoms with Crippen LogP contribution in [0.15, 0.2) is 78.9 Å². The molecule has 2 aliphatic rings. The van der Waals surface area contributed by atoms with Crippen molar-refractivity contribution in [2.45, 2.75) is 102 Å². The van der Waals surface area contributed by atoms with Crippen LogP contribution < -0.4 is 10.6 Å². The molecule has 13 heteroatoms. The van der Waals surface area contributed by atoms with Gasteiger partial charge in [0, 0.05) is 25.4 Å². The Kier molecular flexibility index (Phi) is 13.7. The van der Waals surface area contributed by atoms with Gasteiger partial charge in [-0.1, -0.05) is 78.9 Å². The highest BCUT2D eigenvalue weighted by molar-refractivity contribution is 5.96. The average molecular weight is 798 g/mol. The summed E-state index contributed by atoms with van der Waals surface area (Å²) in [6.07, 6.45) is -2.21. The van der Waals surface area contributed by atoms with Crippen molar-refractivity contribution >= 4 is 35.8 Å². The van der Waals surface area contributed by atoms with Gasteiger partial charge in [-0.25, -0.2) is 9.59 Å². The number of amides is 3. The minimum Gasteiger partial charge on any atom is -0.469 e. The number of hydrogen-bond donors (Lipinski definition) is 2. The van der Waals surface area contributed by atoms with Crippen molar-refractivity contribution in [3.05, 3.63) is 95.6 Å². The van der Waals surface area contributed by atoms with E-state index in [0.717, 1.165) is 27.8 Å². The van der Waals surface area contributed by atoms with Crippen LogP contribution >= 0.6 is 0 Å². The fourth-order valence-electron chi connectivity index (χ4n) is 7.40. The van der Waals surface area contributed by atoms with E-state index in [2.05, 4.69) is 10.6 Å². The van der Waals surface area contributed by atoms with Crippen LogP contribution in [0.25, 0.3) is 11.1 Å². The van der Waals surface area contributed by atoms with Crippen LogP contribution in [0.1, 0.15) is 89.8 Å². The van der Waals surface area contributed by atoms with Gasteiger partial charge in [0.15, 0.2) is 5.78 Å². The Morgan fingerprint density at radius 3 is 1.86 bits per heavy atom. The van der Waals surface area contributed by atoms with E-state index < -0.39 is 77.4 Å². The van der Waals surface area contributed by atoms with Crippen molar-refractivity contribution in [1.82, 2.24) is 15.5 Å². The van der Waals surface area contributed by atoms with Crippen LogP contribution in [-0.4, -0.2) is 90.3 Å². The van der Waals surface area contributed by atoms with Crippen molar-refractivity contribution < 1.29 is 47.7 Å². The molecule has 2 N–H and O–H groups in total. The minimum atomic E-state index is -1.60. The fraction of sp³-hybridized carbons (Fsp3) is 0.467. The van der Waals surface area contributed by atoms with Gasteiger partial charge in [-0.05, 0) is 88.6 Å². The van der Waals surface area contributed by atoms with Crippen LogP contribution in [0.4, 0.5) is 9.59 Å². The predicted octanol–water partition coefficient (Wildman–Crippen LogP) is 6.50. The minimum absolute atomic E-state index is 0.00325. The number of Topliss-reactive ketones (excluding diaryl/α,β-unsaturated/α-hetero) is 1. The fourth-order valence-corrected chi connectivity index (χ4v) is 7.40. The first-order valence-corrected chi connectivity index (χ1v) is 19.7. The molecule has 1 saturated heterocycles. The van der Waals surface area contributed by atoms with E-state index in [4.69, 9.17) is 18.9 Å². The average Bonchev–Trinajstić information content (AvgIpc) is 3.48. The number of ketones is 1. The highest BCUT2D eigenvalue weighted by Crippen LogP contribution is 2.44. The highest BCUT2D eigenvalue weighted by atomic mass is 16.6. The second-order valence-electron chi connectivity index (χ2n) is 16.9. The summed E-state index contributed by atoms with van der Waals surface area (Å²) in [7, 11) is 1.17. The number of nitrogens with one attached hydrogen (secondary N) is 2. The molecule has 3 aromatic carbocycles. The maximum atomic E-state index is 14.6. The van der Waals surface area contributed by atoms with E-state index in [1.54, 1.807) is 65.8 Å². The number of methoxy groups -OCH3 is 1. The Morgan fingerprint density at radius 1 is 0.759 bits per heavy atom. The third kappa shape index (κ3) is 11.2. The lowest BCUT2D eigenvalue weighted by atomic mass is 9.85. The lowest BCUT2D eigenvalue weighted by Crippen LogP contribution is -2.65. The molecule has 58 heavy (non-hydrogen) atoms. The molecule has 0 spiro atoms. The molecule has 0 radical (unpaired) electrons. The second-order valence-corrected chi connectivity index (χ2v) is 16.9. The van der Waals surface area contributed by atoms with Crippen LogP contribution in [0.2, 0.25) is 0 Å². The largest absolute Gasteiger partial charge is 0.469 e. The first kappa shape index (κ1) is 43.4. The van der Waals surface area contributed by atoms with Gasteiger partial charge >= 0.3 is 24.1 Å². The molecule has 3 aromatic rings. The number of esters is 2. The lowest BCUT2D eigenvalue weighted by molar-refractivity contribution is -0.161. The quantitative estimate of drug-likeness (QED) is 0.144. The van der Waals surface area contributed by atoms with Gasteiger partial charge in [0.2, 0.25) is 5.91 Å². The van der Waals surface area contributed by atoms with Crippen LogP contribution in [0.3, 0.4) is 0 Å². The van der Waals surface area contributed by atoms with Crippen LogP contribution in [0.5, 0.6) is 0 Å². The molecule has 0 unspecified atom stereocenters. The van der Waals surface area contributed by atoms with Crippen LogP contribution in [-0.2, 0) is 44.5 Å². The van der Waals surface area contributed by atoms with Crippen molar-refractivity contribution in [2.75, 3.05) is 26.8 Å². The molecule has 0 saturated carbocycles. The predicted molar refractivity (Wildman–Crippen MR) is 216 cm³/mol. The number of likely N-dealkylation sites (tertiary alicyclic amines) is 1. The van der Waals surface area contributed by atoms with Crippen molar-refractivity contribution in [3.63, 3.8) is 0 Å². The van der Waals surface area contributed by atoms with Gasteiger partial charge in [-0.3, -0.25) is 19.2 Å². The summed E-state index contributed by atoms with van der Waals surface area (Å²) in [5.41, 5.74) is 1.72. The SMILES string of the molecule is COC(=O)[C@H](CC(=O)OC(C)(C)C)CC(=O)[C@H](Cc1ccccc1)NC(=O)C1(NC(=O)OCC2c3ccccc3-c3ccccc32)CCN(C(=O)OC(C)(C)C)CC1. The van der Waals surface area contributed by atoms with E-state index >= 15 is 0 Å². The monoisotopic (exact) mass is 797 g/mol. The number of nitrogens with zero attached hydrogens (tertiary/aromatic N) is 1. The summed E-state index contributed by atoms with van der Waals surface area (Å²) in [6, 6.07) is 23.7. The lowest BCUT2D eigenvalue weighted by Gasteiger charge is -2.41. The van der Waals surface area contributed by atoms with Gasteiger partial charge in [0.1, 0.15) is 23.3 Å². The maximum absolute atomic E-state index is 14.6. The van der Waals surface area contributed by atoms with Gasteiger partial charge in [0.05, 0.1) is 25.5 Å². The molecule has 310 valence electrons. The number of ether oxygens (including phenoxy) is 4. The van der Waals surface area contributed by atoms with Crippen LogP contribution in [0, 0.1) is 5.92 Å². The zero-order valence-electron chi connectivity index (χ0n) is 34.4. The third-order valence-corrected chi connectivity index (χ3v) is 10.2. The van der Waals surface area contributed by atoms with Crippen molar-refractivity contribution in [2.24, 2.45) is 5.92 Å². The number of piperidine rings is 1. The zero-order chi connectivity index (χ0) is 42.3. The molecule has 3 amide bonds. The summed E-state index contributed by atoms with van der Waals surface area (Å²) < 4.78 is 21.8. The molecule has 0 aromatic heterocycles. The van der Waals surface area contributed by atoms with E-state index in [1.165, 1.54) is 12.0 Å². The number of carbonyl (C=O) groups excluding carboxylic acids is 6. The number of alkyl carbamates (subject to hydrolysis) is 1. The van der Waals surface area contributed by atoms with E-state index in [1.807, 2.05) is 54.6 Å². The summed E-state index contributed by atoms with van der Waals surface area (Å²) in [5.74, 6) is -4.05. The third-order valence-electron chi connectivity index (χ3n) is 10.2. The highest BCUT2D eigenvalue weighted by Gasteiger charge is 2.46. The summed E-state index contributed by atoms with van der Waals surface area (Å²) in [4.78, 5) is 82.7. The molecule has 13 nitrogen and oxygen atoms in total. The first-order chi connectivity index (χ1) is 27.4. The topological polar surface area (TPSA) is 167 Å². The maximum Gasteiger partial charge on any atom is 0.410 e. The molecule has 0 bridgehead atoms. The molecular formula is C45H55N3O10. The summed E-state index contributed by atoms with van der Waals surface area (Å²) in [6.45, 7) is 10.5. The Hall–Kier alpha value is -5.72. The van der Waals surface area contributed by atoms with Crippen molar-refractivity contribution in [1.29, 1.82) is 0 Å². The Bertz CT molecular complexity index is 1930. The normalized spacial score (nSPS) is 15.8. The molecule has 1 heterocycles. The summed E-state index contributed by atoms with van der Waals surface area (Å²) in [5, 5.41) is 5.72. The number of benzene rings is 3. The van der Waals surface area contributed by atoms with E-state index in [9.17, 15) is 28.8 Å². The van der Waals surface area contributed by atoms with Crippen molar-refractivity contribution in [3.8, 4) is 11.1 Å². The van der Waals surface area contributed by atoms with E-state index in [-0.39, 0.29) is 44.9 Å². The molecule has 1 aliphatic carbocycles. The molecule has 5 rings (SSSR count). The van der Waals surface area contributed by atoms with Gasteiger partial charge in [-0.15, -0.1) is 0 Å². The van der Waals surface area contributed by atoms with Gasteiger partial charge in [0.25, 0.3) is 0 Å². The number of carbonyl (C=O) groups is 6. The summed E-state index contributed by atoms with van der Waals surface area (Å²) >= 11 is 0. The second kappa shape index (κ2) is 18.3. The standard InChI is InChI=1S/C45H55N3O10/c1-43(2,3)57-38(50)27-30(39(51)55-7)26-37(49)36(25-29-15-9-8-10-16-29)46-40(52)45(21-23-48(24-22-45)42(54)58-44(4,5)6)47-41(53)56-28-35-33-19-13-11-17-31(33)32-18-12-14-20-34(32)35/h8-20,30,35-36H,21-28H2,1-7H3,(H,46,52)(H,47,53)/t30-,36-/m0/s1. The smallest absolute Gasteiger partial charge is 0.410 e. The number of hydrogen-bond acceptors (Lipinski definition) is 10. The Labute approximate surface area is 340 Å².